The summed E-state index contributed by atoms with van der Waals surface area (Å²) in [6.07, 6.45) is 14.0. The fourth-order valence-electron chi connectivity index (χ4n) is 2.60. The van der Waals surface area contributed by atoms with Gasteiger partial charge in [-0.25, -0.2) is 0 Å². The van der Waals surface area contributed by atoms with Crippen molar-refractivity contribution in [2.45, 2.75) is 103 Å². The smallest absolute Gasteiger partial charge is 0.306 e. The maximum absolute atomic E-state index is 11.6. The van der Waals surface area contributed by atoms with Crippen LogP contribution in [0.1, 0.15) is 97.3 Å². The van der Waals surface area contributed by atoms with Gasteiger partial charge in [-0.15, -0.1) is 6.58 Å². The second-order valence-corrected chi connectivity index (χ2v) is 6.73. The van der Waals surface area contributed by atoms with Crippen LogP contribution in [-0.2, 0) is 19.1 Å². The summed E-state index contributed by atoms with van der Waals surface area (Å²) in [4.78, 5) is 23.1. The molecule has 4 nitrogen and oxygen atoms in total. The first-order valence-corrected chi connectivity index (χ1v) is 10.1. The Kier molecular flexibility index (Phi) is 16.6. The zero-order chi connectivity index (χ0) is 18.8. The standard InChI is InChI=1S/C21H38O4/c1-4-6-7-14-18-24-20(22)16-12-10-8-9-11-13-17-21(23)25-19(3)15-5-2/h5,19H,2,4,6-18H2,1,3H3. The molecule has 0 N–H and O–H groups in total. The van der Waals surface area contributed by atoms with E-state index in [-0.39, 0.29) is 18.0 Å². The molecule has 1 unspecified atom stereocenters. The number of carbonyl (C=O) groups excluding carboxylic acids is 2. The Labute approximate surface area is 154 Å². The first-order valence-electron chi connectivity index (χ1n) is 10.1. The van der Waals surface area contributed by atoms with Crippen LogP contribution in [0.15, 0.2) is 12.7 Å². The topological polar surface area (TPSA) is 52.6 Å². The van der Waals surface area contributed by atoms with Gasteiger partial charge in [-0.1, -0.05) is 57.9 Å². The summed E-state index contributed by atoms with van der Waals surface area (Å²) in [5, 5.41) is 0. The first kappa shape index (κ1) is 23.7. The molecule has 25 heavy (non-hydrogen) atoms. The summed E-state index contributed by atoms with van der Waals surface area (Å²) in [6, 6.07) is 0. The minimum Gasteiger partial charge on any atom is -0.466 e. The second-order valence-electron chi connectivity index (χ2n) is 6.73. The number of carbonyl (C=O) groups is 2. The van der Waals surface area contributed by atoms with Crippen molar-refractivity contribution in [2.24, 2.45) is 0 Å². The Hall–Kier alpha value is -1.32. The summed E-state index contributed by atoms with van der Waals surface area (Å²) in [5.74, 6) is -0.177. The number of hydrogen-bond acceptors (Lipinski definition) is 4. The average molecular weight is 355 g/mol. The van der Waals surface area contributed by atoms with E-state index >= 15 is 0 Å². The predicted molar refractivity (Wildman–Crippen MR) is 102 cm³/mol. The molecule has 0 aromatic rings. The third-order valence-corrected chi connectivity index (χ3v) is 4.10. The fourth-order valence-corrected chi connectivity index (χ4v) is 2.60. The zero-order valence-electron chi connectivity index (χ0n) is 16.4. The molecule has 0 aromatic heterocycles. The summed E-state index contributed by atoms with van der Waals surface area (Å²) in [5.41, 5.74) is 0. The number of rotatable bonds is 17. The van der Waals surface area contributed by atoms with Crippen LogP contribution in [0.25, 0.3) is 0 Å². The van der Waals surface area contributed by atoms with Gasteiger partial charge >= 0.3 is 11.9 Å². The van der Waals surface area contributed by atoms with Crippen LogP contribution in [0.5, 0.6) is 0 Å². The highest BCUT2D eigenvalue weighted by Crippen LogP contribution is 2.10. The molecular formula is C21H38O4. The Bertz CT molecular complexity index is 352. The van der Waals surface area contributed by atoms with E-state index in [0.717, 1.165) is 51.4 Å². The molecular weight excluding hydrogens is 316 g/mol. The molecule has 0 rings (SSSR count). The van der Waals surface area contributed by atoms with Crippen LogP contribution in [0.2, 0.25) is 0 Å². The van der Waals surface area contributed by atoms with Gasteiger partial charge in [-0.05, 0) is 26.2 Å². The van der Waals surface area contributed by atoms with Gasteiger partial charge in [-0.3, -0.25) is 9.59 Å². The van der Waals surface area contributed by atoms with Crippen LogP contribution in [0.4, 0.5) is 0 Å². The van der Waals surface area contributed by atoms with Crippen molar-refractivity contribution >= 4 is 11.9 Å². The summed E-state index contributed by atoms with van der Waals surface area (Å²) < 4.78 is 10.5. The summed E-state index contributed by atoms with van der Waals surface area (Å²) >= 11 is 0. The van der Waals surface area contributed by atoms with Crippen molar-refractivity contribution in [3.63, 3.8) is 0 Å². The summed E-state index contributed by atoms with van der Waals surface area (Å²) in [6.45, 7) is 8.26. The molecule has 0 fully saturated rings. The normalized spacial score (nSPS) is 11.8. The van der Waals surface area contributed by atoms with Crippen molar-refractivity contribution in [1.82, 2.24) is 0 Å². The predicted octanol–water partition coefficient (Wildman–Crippen LogP) is 5.74. The van der Waals surface area contributed by atoms with E-state index in [1.807, 2.05) is 6.92 Å². The Morgan fingerprint density at radius 2 is 1.44 bits per heavy atom. The Balaban J connectivity index is 3.34. The van der Waals surface area contributed by atoms with E-state index in [0.29, 0.717) is 25.9 Å². The van der Waals surface area contributed by atoms with Crippen molar-refractivity contribution in [2.75, 3.05) is 6.61 Å². The van der Waals surface area contributed by atoms with Crippen LogP contribution >= 0.6 is 0 Å². The third kappa shape index (κ3) is 17.3. The molecule has 0 radical (unpaired) electrons. The second kappa shape index (κ2) is 17.5. The maximum atomic E-state index is 11.6. The molecule has 0 aliphatic rings. The van der Waals surface area contributed by atoms with Gasteiger partial charge in [0.15, 0.2) is 0 Å². The molecule has 0 heterocycles. The molecule has 4 heteroatoms. The Morgan fingerprint density at radius 3 is 2.04 bits per heavy atom. The van der Waals surface area contributed by atoms with Crippen molar-refractivity contribution in [1.29, 1.82) is 0 Å². The highest BCUT2D eigenvalue weighted by atomic mass is 16.5. The van der Waals surface area contributed by atoms with Crippen molar-refractivity contribution < 1.29 is 19.1 Å². The van der Waals surface area contributed by atoms with Crippen LogP contribution in [-0.4, -0.2) is 24.6 Å². The molecule has 146 valence electrons. The quantitative estimate of drug-likeness (QED) is 0.190. The lowest BCUT2D eigenvalue weighted by Gasteiger charge is -2.10. The van der Waals surface area contributed by atoms with Gasteiger partial charge < -0.3 is 9.47 Å². The van der Waals surface area contributed by atoms with E-state index in [1.165, 1.54) is 12.8 Å². The molecule has 0 aromatic carbocycles. The first-order chi connectivity index (χ1) is 12.1. The highest BCUT2D eigenvalue weighted by Gasteiger charge is 2.07. The zero-order valence-corrected chi connectivity index (χ0v) is 16.4. The Morgan fingerprint density at radius 1 is 0.880 bits per heavy atom. The molecule has 0 spiro atoms. The lowest BCUT2D eigenvalue weighted by Crippen LogP contribution is -2.13. The highest BCUT2D eigenvalue weighted by molar-refractivity contribution is 5.69. The molecule has 1 atom stereocenters. The average Bonchev–Trinajstić information content (AvgIpc) is 2.57. The fraction of sp³-hybridized carbons (Fsp3) is 0.810. The van der Waals surface area contributed by atoms with Crippen LogP contribution in [0.3, 0.4) is 0 Å². The van der Waals surface area contributed by atoms with Gasteiger partial charge in [-0.2, -0.15) is 0 Å². The maximum Gasteiger partial charge on any atom is 0.306 e. The lowest BCUT2D eigenvalue weighted by molar-refractivity contribution is -0.148. The van der Waals surface area contributed by atoms with Crippen molar-refractivity contribution in [3.8, 4) is 0 Å². The van der Waals surface area contributed by atoms with Crippen LogP contribution in [0, 0.1) is 0 Å². The van der Waals surface area contributed by atoms with Gasteiger partial charge in [0.25, 0.3) is 0 Å². The van der Waals surface area contributed by atoms with Gasteiger partial charge in [0.1, 0.15) is 6.10 Å². The minimum atomic E-state index is -0.115. The molecule has 0 amide bonds. The van der Waals surface area contributed by atoms with E-state index in [2.05, 4.69) is 13.5 Å². The van der Waals surface area contributed by atoms with E-state index in [9.17, 15) is 9.59 Å². The minimum absolute atomic E-state index is 0.0621. The lowest BCUT2D eigenvalue weighted by atomic mass is 10.1. The molecule has 0 saturated carbocycles. The van der Waals surface area contributed by atoms with E-state index in [1.54, 1.807) is 6.08 Å². The number of unbranched alkanes of at least 4 members (excludes halogenated alkanes) is 8. The SMILES string of the molecule is C=CCC(C)OC(=O)CCCCCCCCC(=O)OCCCCCC. The van der Waals surface area contributed by atoms with Gasteiger partial charge in [0, 0.05) is 19.3 Å². The summed E-state index contributed by atoms with van der Waals surface area (Å²) in [7, 11) is 0. The molecule has 0 aliphatic carbocycles. The van der Waals surface area contributed by atoms with E-state index in [4.69, 9.17) is 9.47 Å². The molecule has 0 bridgehead atoms. The van der Waals surface area contributed by atoms with Gasteiger partial charge in [0.2, 0.25) is 0 Å². The number of ether oxygens (including phenoxy) is 2. The number of esters is 2. The van der Waals surface area contributed by atoms with Gasteiger partial charge in [0.05, 0.1) is 6.61 Å². The largest absolute Gasteiger partial charge is 0.466 e. The molecule has 0 saturated heterocycles. The monoisotopic (exact) mass is 354 g/mol. The van der Waals surface area contributed by atoms with E-state index < -0.39 is 0 Å². The number of hydrogen-bond donors (Lipinski definition) is 0. The van der Waals surface area contributed by atoms with Crippen molar-refractivity contribution in [3.05, 3.63) is 12.7 Å². The third-order valence-electron chi connectivity index (χ3n) is 4.10. The molecule has 0 aliphatic heterocycles. The van der Waals surface area contributed by atoms with Crippen LogP contribution < -0.4 is 0 Å².